The topological polar surface area (TPSA) is 51.1 Å². The average Bonchev–Trinajstić information content (AvgIpc) is 2.40. The Morgan fingerprint density at radius 3 is 2.63 bits per heavy atom. The van der Waals surface area contributed by atoms with Crippen molar-refractivity contribution in [1.82, 2.24) is 9.88 Å². The van der Waals surface area contributed by atoms with E-state index in [9.17, 15) is 9.59 Å². The highest BCUT2D eigenvalue weighted by Crippen LogP contribution is 2.06. The maximum absolute atomic E-state index is 12.0. The van der Waals surface area contributed by atoms with Crippen molar-refractivity contribution in [1.29, 1.82) is 0 Å². The Bertz CT molecular complexity index is 659. The predicted octanol–water partition coefficient (Wildman–Crippen LogP) is 1.62. The van der Waals surface area contributed by atoms with Gasteiger partial charge in [0, 0.05) is 25.9 Å². The van der Waals surface area contributed by atoms with Gasteiger partial charge in [-0.15, -0.1) is 0 Å². The van der Waals surface area contributed by atoms with E-state index in [1.165, 1.54) is 22.9 Å². The van der Waals surface area contributed by atoms with Crippen LogP contribution in [0.4, 0.5) is 0 Å². The Hall–Kier alpha value is -2.36. The highest BCUT2D eigenvalue weighted by molar-refractivity contribution is 5.93. The van der Waals surface area contributed by atoms with Crippen LogP contribution in [0.3, 0.4) is 0 Å². The molecule has 1 N–H and O–H groups in total. The Labute approximate surface area is 111 Å². The van der Waals surface area contributed by atoms with Gasteiger partial charge in [0.15, 0.2) is 0 Å². The minimum atomic E-state index is -0.182. The molecule has 19 heavy (non-hydrogen) atoms. The Balaban J connectivity index is 2.08. The molecule has 1 heterocycles. The maximum Gasteiger partial charge on any atom is 0.253 e. The van der Waals surface area contributed by atoms with Crippen molar-refractivity contribution in [3.8, 4) is 0 Å². The smallest absolute Gasteiger partial charge is 0.253 e. The fourth-order valence-electron chi connectivity index (χ4n) is 1.81. The monoisotopic (exact) mass is 256 g/mol. The van der Waals surface area contributed by atoms with Crippen molar-refractivity contribution in [2.75, 3.05) is 0 Å². The number of carbonyl (C=O) groups excluding carboxylic acids is 1. The number of nitrogens with zero attached hydrogens (tertiary/aromatic N) is 1. The van der Waals surface area contributed by atoms with Gasteiger partial charge in [0.05, 0.1) is 5.56 Å². The van der Waals surface area contributed by atoms with Crippen molar-refractivity contribution in [3.05, 3.63) is 69.6 Å². The molecule has 4 nitrogen and oxygen atoms in total. The summed E-state index contributed by atoms with van der Waals surface area (Å²) in [5, 5.41) is 2.85. The standard InChI is InChI=1S/C15H16N2O2/c1-11-5-3-4-6-12(11)9-16-15(19)13-7-8-14(18)17(2)10-13/h3-8,10H,9H2,1-2H3,(H,16,19). The quantitative estimate of drug-likeness (QED) is 0.907. The van der Waals surface area contributed by atoms with Gasteiger partial charge in [-0.1, -0.05) is 24.3 Å². The number of nitrogens with one attached hydrogen (secondary N) is 1. The number of hydrogen-bond acceptors (Lipinski definition) is 2. The highest BCUT2D eigenvalue weighted by Gasteiger charge is 2.06. The molecule has 1 aromatic carbocycles. The van der Waals surface area contributed by atoms with E-state index in [-0.39, 0.29) is 11.5 Å². The van der Waals surface area contributed by atoms with Gasteiger partial charge in [0.1, 0.15) is 0 Å². The second-order valence-corrected chi connectivity index (χ2v) is 4.48. The second-order valence-electron chi connectivity index (χ2n) is 4.48. The summed E-state index contributed by atoms with van der Waals surface area (Å²) in [6, 6.07) is 10.8. The van der Waals surface area contributed by atoms with Crippen LogP contribution in [-0.4, -0.2) is 10.5 Å². The molecule has 98 valence electrons. The number of aryl methyl sites for hydroxylation is 2. The van der Waals surface area contributed by atoms with Crippen molar-refractivity contribution >= 4 is 5.91 Å². The van der Waals surface area contributed by atoms with Crippen LogP contribution in [-0.2, 0) is 13.6 Å². The van der Waals surface area contributed by atoms with E-state index >= 15 is 0 Å². The van der Waals surface area contributed by atoms with Crippen molar-refractivity contribution in [3.63, 3.8) is 0 Å². The summed E-state index contributed by atoms with van der Waals surface area (Å²) in [5.41, 5.74) is 2.58. The van der Waals surface area contributed by atoms with Gasteiger partial charge >= 0.3 is 0 Å². The van der Waals surface area contributed by atoms with Crippen molar-refractivity contribution < 1.29 is 4.79 Å². The number of carbonyl (C=O) groups is 1. The molecule has 2 rings (SSSR count). The maximum atomic E-state index is 12.0. The third kappa shape index (κ3) is 3.10. The van der Waals surface area contributed by atoms with Gasteiger partial charge in [-0.3, -0.25) is 9.59 Å². The van der Waals surface area contributed by atoms with Gasteiger partial charge in [0.2, 0.25) is 5.56 Å². The van der Waals surface area contributed by atoms with Crippen molar-refractivity contribution in [2.24, 2.45) is 7.05 Å². The molecule has 0 aliphatic heterocycles. The molecular formula is C15H16N2O2. The zero-order valence-electron chi connectivity index (χ0n) is 11.0. The summed E-state index contributed by atoms with van der Waals surface area (Å²) in [4.78, 5) is 23.2. The molecule has 0 aliphatic carbocycles. The van der Waals surface area contributed by atoms with E-state index in [0.29, 0.717) is 12.1 Å². The number of benzene rings is 1. The molecule has 1 aromatic heterocycles. The third-order valence-electron chi connectivity index (χ3n) is 3.05. The Morgan fingerprint density at radius 1 is 1.21 bits per heavy atom. The molecule has 0 spiro atoms. The highest BCUT2D eigenvalue weighted by atomic mass is 16.1. The van der Waals surface area contributed by atoms with E-state index in [0.717, 1.165) is 11.1 Å². The molecule has 0 aliphatic rings. The van der Waals surface area contributed by atoms with Crippen molar-refractivity contribution in [2.45, 2.75) is 13.5 Å². The number of pyridine rings is 1. The first kappa shape index (κ1) is 13.1. The first-order valence-corrected chi connectivity index (χ1v) is 6.07. The zero-order chi connectivity index (χ0) is 13.8. The fraction of sp³-hybridized carbons (Fsp3) is 0.200. The molecule has 4 heteroatoms. The lowest BCUT2D eigenvalue weighted by Gasteiger charge is -2.08. The molecular weight excluding hydrogens is 240 g/mol. The molecule has 0 unspecified atom stereocenters. The average molecular weight is 256 g/mol. The van der Waals surface area contributed by atoms with Crippen LogP contribution in [0.25, 0.3) is 0 Å². The van der Waals surface area contributed by atoms with Crippen LogP contribution in [0.15, 0.2) is 47.4 Å². The predicted molar refractivity (Wildman–Crippen MR) is 74.0 cm³/mol. The van der Waals surface area contributed by atoms with E-state index in [1.807, 2.05) is 31.2 Å². The van der Waals surface area contributed by atoms with Crippen LogP contribution >= 0.6 is 0 Å². The molecule has 1 amide bonds. The van der Waals surface area contributed by atoms with E-state index in [4.69, 9.17) is 0 Å². The fourth-order valence-corrected chi connectivity index (χ4v) is 1.81. The SMILES string of the molecule is Cc1ccccc1CNC(=O)c1ccc(=O)n(C)c1. The first-order valence-electron chi connectivity index (χ1n) is 6.07. The molecule has 0 fully saturated rings. The summed E-state index contributed by atoms with van der Waals surface area (Å²) in [7, 11) is 1.63. The second kappa shape index (κ2) is 5.52. The largest absolute Gasteiger partial charge is 0.348 e. The Kier molecular flexibility index (Phi) is 3.80. The minimum Gasteiger partial charge on any atom is -0.348 e. The van der Waals surface area contributed by atoms with E-state index in [2.05, 4.69) is 5.32 Å². The lowest BCUT2D eigenvalue weighted by atomic mass is 10.1. The minimum absolute atomic E-state index is 0.129. The summed E-state index contributed by atoms with van der Waals surface area (Å²) in [6.07, 6.45) is 1.54. The number of aromatic nitrogens is 1. The van der Waals surface area contributed by atoms with Gasteiger partial charge in [0.25, 0.3) is 5.91 Å². The van der Waals surface area contributed by atoms with Crippen LogP contribution in [0.5, 0.6) is 0 Å². The van der Waals surface area contributed by atoms with E-state index in [1.54, 1.807) is 7.05 Å². The summed E-state index contributed by atoms with van der Waals surface area (Å²) < 4.78 is 1.39. The molecule has 0 radical (unpaired) electrons. The number of amides is 1. The summed E-state index contributed by atoms with van der Waals surface area (Å²) in [6.45, 7) is 2.49. The zero-order valence-corrected chi connectivity index (χ0v) is 11.0. The van der Waals surface area contributed by atoms with Gasteiger partial charge in [-0.2, -0.15) is 0 Å². The summed E-state index contributed by atoms with van der Waals surface area (Å²) >= 11 is 0. The number of rotatable bonds is 3. The first-order chi connectivity index (χ1) is 9.08. The molecule has 0 saturated carbocycles. The van der Waals surface area contributed by atoms with Gasteiger partial charge in [-0.25, -0.2) is 0 Å². The molecule has 2 aromatic rings. The summed E-state index contributed by atoms with van der Waals surface area (Å²) in [5.74, 6) is -0.182. The lowest BCUT2D eigenvalue weighted by Crippen LogP contribution is -2.25. The van der Waals surface area contributed by atoms with E-state index < -0.39 is 0 Å². The lowest BCUT2D eigenvalue weighted by molar-refractivity contribution is 0.0950. The van der Waals surface area contributed by atoms with Gasteiger partial charge in [-0.05, 0) is 24.1 Å². The third-order valence-corrected chi connectivity index (χ3v) is 3.05. The molecule has 0 atom stereocenters. The number of hydrogen-bond donors (Lipinski definition) is 1. The van der Waals surface area contributed by atoms with Gasteiger partial charge < -0.3 is 9.88 Å². The van der Waals surface area contributed by atoms with Crippen LogP contribution in [0.1, 0.15) is 21.5 Å². The van der Waals surface area contributed by atoms with Crippen LogP contribution < -0.4 is 10.9 Å². The normalized spacial score (nSPS) is 10.2. The molecule has 0 bridgehead atoms. The molecule has 0 saturated heterocycles. The van der Waals surface area contributed by atoms with Crippen LogP contribution in [0.2, 0.25) is 0 Å². The Morgan fingerprint density at radius 2 is 1.95 bits per heavy atom. The van der Waals surface area contributed by atoms with Crippen LogP contribution in [0, 0.1) is 6.92 Å².